The number of nitrogens with one attached hydrogen (secondary N) is 4. The first kappa shape index (κ1) is 19.6. The quantitative estimate of drug-likeness (QED) is 0.560. The summed E-state index contributed by atoms with van der Waals surface area (Å²) in [6.45, 7) is 6.13. The van der Waals surface area contributed by atoms with Crippen molar-refractivity contribution in [1.29, 1.82) is 0 Å². The summed E-state index contributed by atoms with van der Waals surface area (Å²) in [5.41, 5.74) is 0.850. The molecule has 1 aromatic rings. The smallest absolute Gasteiger partial charge is 0.279 e. The van der Waals surface area contributed by atoms with Crippen molar-refractivity contribution in [2.24, 2.45) is 0 Å². The van der Waals surface area contributed by atoms with Crippen LogP contribution < -0.4 is 20.9 Å². The Morgan fingerprint density at radius 1 is 1.00 bits per heavy atom. The first-order valence-corrected chi connectivity index (χ1v) is 7.85. The predicted molar refractivity (Wildman–Crippen MR) is 93.0 cm³/mol. The van der Waals surface area contributed by atoms with Gasteiger partial charge in [0, 0.05) is 23.8 Å². The molecule has 1 atom stereocenters. The predicted octanol–water partition coefficient (Wildman–Crippen LogP) is -0.586. The molecule has 0 aliphatic carbocycles. The summed E-state index contributed by atoms with van der Waals surface area (Å²) in [6.07, 6.45) is 0. The zero-order valence-corrected chi connectivity index (χ0v) is 14.9. The van der Waals surface area contributed by atoms with Gasteiger partial charge in [0.2, 0.25) is 0 Å². The van der Waals surface area contributed by atoms with Crippen molar-refractivity contribution < 1.29 is 19.3 Å². The molecular formula is C17H27N4O3+. The van der Waals surface area contributed by atoms with Gasteiger partial charge in [-0.25, -0.2) is 0 Å². The second-order valence-corrected chi connectivity index (χ2v) is 6.81. The molecule has 132 valence electrons. The Morgan fingerprint density at radius 2 is 1.54 bits per heavy atom. The van der Waals surface area contributed by atoms with Gasteiger partial charge in [-0.15, -0.1) is 0 Å². The molecule has 0 spiro atoms. The van der Waals surface area contributed by atoms with Crippen molar-refractivity contribution in [2.75, 3.05) is 32.5 Å². The van der Waals surface area contributed by atoms with E-state index < -0.39 is 0 Å². The molecule has 0 heterocycles. The monoisotopic (exact) mass is 335 g/mol. The highest BCUT2D eigenvalue weighted by Crippen LogP contribution is 2.09. The summed E-state index contributed by atoms with van der Waals surface area (Å²) in [7, 11) is 3.35. The third kappa shape index (κ3) is 7.23. The molecule has 0 saturated carbocycles. The Morgan fingerprint density at radius 3 is 2.04 bits per heavy atom. The summed E-state index contributed by atoms with van der Waals surface area (Å²) in [4.78, 5) is 36.1. The molecule has 0 aromatic heterocycles. The van der Waals surface area contributed by atoms with Gasteiger partial charge in [-0.2, -0.15) is 0 Å². The second kappa shape index (κ2) is 8.44. The van der Waals surface area contributed by atoms with Gasteiger partial charge in [0.05, 0.1) is 7.05 Å². The van der Waals surface area contributed by atoms with Crippen LogP contribution in [0.25, 0.3) is 0 Å². The Labute approximate surface area is 142 Å². The molecular weight excluding hydrogens is 308 g/mol. The summed E-state index contributed by atoms with van der Waals surface area (Å²) in [5.74, 6) is -0.464. The fraction of sp³-hybridized carbons (Fsp3) is 0.471. The molecule has 0 bridgehead atoms. The SMILES string of the molecule is CNC(=O)c1ccc(NC(=O)C[NH+](C)CC(=O)NC(C)(C)C)cc1. The molecule has 7 heteroatoms. The maximum Gasteiger partial charge on any atom is 0.279 e. The Balaban J connectivity index is 2.48. The summed E-state index contributed by atoms with van der Waals surface area (Å²) in [6, 6.07) is 6.62. The lowest BCUT2D eigenvalue weighted by Crippen LogP contribution is -3.11. The van der Waals surface area contributed by atoms with Crippen LogP contribution in [0.4, 0.5) is 5.69 Å². The lowest BCUT2D eigenvalue weighted by atomic mass is 10.1. The minimum atomic E-state index is -0.286. The van der Waals surface area contributed by atoms with E-state index in [1.54, 1.807) is 38.4 Å². The van der Waals surface area contributed by atoms with Crippen LogP contribution in [-0.2, 0) is 9.59 Å². The van der Waals surface area contributed by atoms with E-state index in [1.165, 1.54) is 0 Å². The van der Waals surface area contributed by atoms with Gasteiger partial charge in [0.25, 0.3) is 17.7 Å². The van der Waals surface area contributed by atoms with E-state index in [0.717, 1.165) is 4.90 Å². The normalized spacial score (nSPS) is 12.2. The fourth-order valence-electron chi connectivity index (χ4n) is 2.13. The fourth-order valence-corrected chi connectivity index (χ4v) is 2.13. The number of carbonyl (C=O) groups excluding carboxylic acids is 3. The lowest BCUT2D eigenvalue weighted by molar-refractivity contribution is -0.862. The van der Waals surface area contributed by atoms with Gasteiger partial charge < -0.3 is 20.9 Å². The average molecular weight is 335 g/mol. The zero-order chi connectivity index (χ0) is 18.3. The van der Waals surface area contributed by atoms with E-state index in [0.29, 0.717) is 11.3 Å². The largest absolute Gasteiger partial charge is 0.355 e. The molecule has 0 radical (unpaired) electrons. The van der Waals surface area contributed by atoms with Crippen molar-refractivity contribution >= 4 is 23.4 Å². The third-order valence-electron chi connectivity index (χ3n) is 3.10. The molecule has 24 heavy (non-hydrogen) atoms. The summed E-state index contributed by atoms with van der Waals surface area (Å²) >= 11 is 0. The van der Waals surface area contributed by atoms with Crippen molar-refractivity contribution in [1.82, 2.24) is 10.6 Å². The van der Waals surface area contributed by atoms with Crippen LogP contribution in [0.3, 0.4) is 0 Å². The van der Waals surface area contributed by atoms with E-state index in [9.17, 15) is 14.4 Å². The number of rotatable bonds is 6. The van der Waals surface area contributed by atoms with E-state index in [2.05, 4.69) is 16.0 Å². The van der Waals surface area contributed by atoms with Crippen molar-refractivity contribution in [3.63, 3.8) is 0 Å². The van der Waals surface area contributed by atoms with E-state index in [-0.39, 0.29) is 36.3 Å². The number of hydrogen-bond donors (Lipinski definition) is 4. The third-order valence-corrected chi connectivity index (χ3v) is 3.10. The van der Waals surface area contributed by atoms with Gasteiger partial charge in [0.15, 0.2) is 13.1 Å². The summed E-state index contributed by atoms with van der Waals surface area (Å²) in [5, 5.41) is 8.16. The van der Waals surface area contributed by atoms with Crippen LogP contribution in [0.5, 0.6) is 0 Å². The van der Waals surface area contributed by atoms with Gasteiger partial charge in [-0.3, -0.25) is 14.4 Å². The molecule has 7 nitrogen and oxygen atoms in total. The molecule has 0 saturated heterocycles. The molecule has 3 amide bonds. The standard InChI is InChI=1S/C17H26N4O3/c1-17(2,3)20-15(23)11-21(5)10-14(22)19-13-8-6-12(7-9-13)16(24)18-4/h6-9H,10-11H2,1-5H3,(H,18,24)(H,19,22)(H,20,23)/p+1. The van der Waals surface area contributed by atoms with Gasteiger partial charge in [-0.05, 0) is 45.0 Å². The van der Waals surface area contributed by atoms with E-state index >= 15 is 0 Å². The number of anilines is 1. The zero-order valence-electron chi connectivity index (χ0n) is 14.9. The van der Waals surface area contributed by atoms with Crippen molar-refractivity contribution in [3.05, 3.63) is 29.8 Å². The Hall–Kier alpha value is -2.41. The van der Waals surface area contributed by atoms with Crippen molar-refractivity contribution in [2.45, 2.75) is 26.3 Å². The highest BCUT2D eigenvalue weighted by Gasteiger charge is 2.18. The van der Waals surface area contributed by atoms with Gasteiger partial charge in [-0.1, -0.05) is 0 Å². The first-order valence-electron chi connectivity index (χ1n) is 7.85. The van der Waals surface area contributed by atoms with Crippen LogP contribution in [0, 0.1) is 0 Å². The number of amides is 3. The average Bonchev–Trinajstić information content (AvgIpc) is 2.44. The molecule has 1 unspecified atom stereocenters. The highest BCUT2D eigenvalue weighted by molar-refractivity contribution is 5.95. The van der Waals surface area contributed by atoms with Crippen LogP contribution in [0.15, 0.2) is 24.3 Å². The topological polar surface area (TPSA) is 91.7 Å². The maximum atomic E-state index is 12.0. The van der Waals surface area contributed by atoms with E-state index in [1.807, 2.05) is 20.8 Å². The molecule has 1 aromatic carbocycles. The Kier molecular flexibility index (Phi) is 6.91. The first-order chi connectivity index (χ1) is 11.1. The number of likely N-dealkylation sites (N-methyl/N-ethyl adjacent to an activating group) is 1. The molecule has 0 fully saturated rings. The molecule has 0 aliphatic rings. The summed E-state index contributed by atoms with van der Waals surface area (Å²) < 4.78 is 0. The number of benzene rings is 1. The van der Waals surface area contributed by atoms with Crippen molar-refractivity contribution in [3.8, 4) is 0 Å². The second-order valence-electron chi connectivity index (χ2n) is 6.81. The lowest BCUT2D eigenvalue weighted by Gasteiger charge is -2.21. The number of hydrogen-bond acceptors (Lipinski definition) is 3. The maximum absolute atomic E-state index is 12.0. The van der Waals surface area contributed by atoms with Gasteiger partial charge in [0.1, 0.15) is 0 Å². The number of carbonyl (C=O) groups is 3. The minimum absolute atomic E-state index is 0.0947. The minimum Gasteiger partial charge on any atom is -0.355 e. The Bertz CT molecular complexity index is 591. The molecule has 4 N–H and O–H groups in total. The molecule has 1 rings (SSSR count). The van der Waals surface area contributed by atoms with Gasteiger partial charge >= 0.3 is 0 Å². The van der Waals surface area contributed by atoms with Crippen LogP contribution in [-0.4, -0.2) is 50.4 Å². The van der Waals surface area contributed by atoms with Crippen LogP contribution in [0.2, 0.25) is 0 Å². The van der Waals surface area contributed by atoms with E-state index in [4.69, 9.17) is 0 Å². The van der Waals surface area contributed by atoms with Crippen LogP contribution in [0.1, 0.15) is 31.1 Å². The van der Waals surface area contributed by atoms with Crippen LogP contribution >= 0.6 is 0 Å². The highest BCUT2D eigenvalue weighted by atomic mass is 16.2. The number of quaternary nitrogens is 1. The molecule has 0 aliphatic heterocycles.